The summed E-state index contributed by atoms with van der Waals surface area (Å²) in [5, 5.41) is 11.1. The summed E-state index contributed by atoms with van der Waals surface area (Å²) >= 11 is 5.77. The number of methoxy groups -OCH3 is 1. The minimum atomic E-state index is -3.77. The molecular formula is C17H15ClN4O3S. The average molecular weight is 391 g/mol. The minimum Gasteiger partial charge on any atom is -0.497 e. The van der Waals surface area contributed by atoms with Crippen LogP contribution in [0.4, 0.5) is 0 Å². The fourth-order valence-electron chi connectivity index (χ4n) is 2.21. The maximum Gasteiger partial charge on any atom is 0.276 e. The second-order valence-corrected chi connectivity index (χ2v) is 7.33. The minimum absolute atomic E-state index is 0.0709. The van der Waals surface area contributed by atoms with E-state index in [2.05, 4.69) is 20.1 Å². The zero-order chi connectivity index (χ0) is 18.6. The molecule has 0 aliphatic rings. The standard InChI is InChI=1S/C17H15ClN4O3S/c1-25-15-6-2-12(3-7-15)17-13(10-19-21-17)11-20-22-26(23,24)16-8-4-14(18)5-9-16/h2-11,22H,1H3,(H,19,21)/b20-11-. The average Bonchev–Trinajstić information content (AvgIpc) is 3.10. The summed E-state index contributed by atoms with van der Waals surface area (Å²) in [4.78, 5) is 2.24. The number of halogens is 1. The Labute approximate surface area is 155 Å². The number of rotatable bonds is 6. The molecule has 0 saturated heterocycles. The van der Waals surface area contributed by atoms with Crippen molar-refractivity contribution in [2.75, 3.05) is 7.11 Å². The van der Waals surface area contributed by atoms with E-state index < -0.39 is 10.0 Å². The van der Waals surface area contributed by atoms with Crippen LogP contribution >= 0.6 is 11.6 Å². The van der Waals surface area contributed by atoms with Gasteiger partial charge < -0.3 is 4.74 Å². The van der Waals surface area contributed by atoms with Gasteiger partial charge in [0.05, 0.1) is 30.1 Å². The zero-order valence-corrected chi connectivity index (χ0v) is 15.3. The number of hydrazone groups is 1. The predicted molar refractivity (Wildman–Crippen MR) is 99.9 cm³/mol. The van der Waals surface area contributed by atoms with Crippen LogP contribution in [0.25, 0.3) is 11.3 Å². The van der Waals surface area contributed by atoms with Gasteiger partial charge in [0.2, 0.25) is 0 Å². The van der Waals surface area contributed by atoms with Gasteiger partial charge in [0.1, 0.15) is 5.75 Å². The first-order chi connectivity index (χ1) is 12.5. The lowest BCUT2D eigenvalue weighted by molar-refractivity contribution is 0.415. The van der Waals surface area contributed by atoms with Crippen LogP contribution in [0.15, 0.2) is 64.7 Å². The van der Waals surface area contributed by atoms with Gasteiger partial charge in [0, 0.05) is 16.1 Å². The van der Waals surface area contributed by atoms with Crippen molar-refractivity contribution in [2.45, 2.75) is 4.90 Å². The normalized spacial score (nSPS) is 11.6. The number of nitrogens with zero attached hydrogens (tertiary/aromatic N) is 2. The highest BCUT2D eigenvalue weighted by Gasteiger charge is 2.12. The first-order valence-corrected chi connectivity index (χ1v) is 9.34. The van der Waals surface area contributed by atoms with E-state index in [9.17, 15) is 8.42 Å². The number of benzene rings is 2. The molecule has 0 bridgehead atoms. The van der Waals surface area contributed by atoms with E-state index in [1.807, 2.05) is 24.3 Å². The molecule has 1 aromatic heterocycles. The zero-order valence-electron chi connectivity index (χ0n) is 13.7. The Kier molecular flexibility index (Phi) is 5.24. The molecule has 7 nitrogen and oxygen atoms in total. The number of H-pyrrole nitrogens is 1. The molecule has 9 heteroatoms. The van der Waals surface area contributed by atoms with Crippen molar-refractivity contribution in [3.8, 4) is 17.0 Å². The third-order valence-corrected chi connectivity index (χ3v) is 5.04. The lowest BCUT2D eigenvalue weighted by Crippen LogP contribution is -2.18. The molecule has 0 saturated carbocycles. The fraction of sp³-hybridized carbons (Fsp3) is 0.0588. The molecule has 2 N–H and O–H groups in total. The van der Waals surface area contributed by atoms with Crippen LogP contribution in [0.1, 0.15) is 5.56 Å². The first kappa shape index (κ1) is 18.0. The van der Waals surface area contributed by atoms with Crippen LogP contribution in [0, 0.1) is 0 Å². The van der Waals surface area contributed by atoms with Gasteiger partial charge >= 0.3 is 0 Å². The second-order valence-electron chi connectivity index (χ2n) is 5.24. The Morgan fingerprint density at radius 1 is 1.15 bits per heavy atom. The molecular weight excluding hydrogens is 376 g/mol. The van der Waals surface area contributed by atoms with Crippen LogP contribution < -0.4 is 9.57 Å². The highest BCUT2D eigenvalue weighted by Crippen LogP contribution is 2.22. The molecule has 0 fully saturated rings. The van der Waals surface area contributed by atoms with Crippen molar-refractivity contribution < 1.29 is 13.2 Å². The maximum atomic E-state index is 12.2. The van der Waals surface area contributed by atoms with Gasteiger partial charge in [-0.15, -0.1) is 0 Å². The van der Waals surface area contributed by atoms with Gasteiger partial charge in [0.15, 0.2) is 0 Å². The number of hydrogen-bond donors (Lipinski definition) is 2. The largest absolute Gasteiger partial charge is 0.497 e. The fourth-order valence-corrected chi connectivity index (χ4v) is 3.13. The van der Waals surface area contributed by atoms with Crippen molar-refractivity contribution in [3.05, 3.63) is 65.3 Å². The number of aromatic nitrogens is 2. The third kappa shape index (κ3) is 4.04. The topological polar surface area (TPSA) is 96.4 Å². The molecule has 0 atom stereocenters. The highest BCUT2D eigenvalue weighted by molar-refractivity contribution is 7.89. The predicted octanol–water partition coefficient (Wildman–Crippen LogP) is 3.05. The molecule has 2 aromatic carbocycles. The first-order valence-electron chi connectivity index (χ1n) is 7.48. The van der Waals surface area contributed by atoms with E-state index in [-0.39, 0.29) is 4.90 Å². The van der Waals surface area contributed by atoms with E-state index in [4.69, 9.17) is 16.3 Å². The summed E-state index contributed by atoms with van der Waals surface area (Å²) in [6.07, 6.45) is 2.94. The molecule has 3 rings (SSSR count). The number of sulfonamides is 1. The number of nitrogens with one attached hydrogen (secondary N) is 2. The quantitative estimate of drug-likeness (QED) is 0.499. The molecule has 0 aliphatic heterocycles. The summed E-state index contributed by atoms with van der Waals surface area (Å²) in [5.41, 5.74) is 2.21. The van der Waals surface area contributed by atoms with Gasteiger partial charge in [0.25, 0.3) is 10.0 Å². The van der Waals surface area contributed by atoms with Gasteiger partial charge in [-0.05, 0) is 48.5 Å². The number of hydrogen-bond acceptors (Lipinski definition) is 5. The summed E-state index contributed by atoms with van der Waals surface area (Å²) in [6, 6.07) is 13.2. The third-order valence-electron chi connectivity index (χ3n) is 3.55. The molecule has 0 aliphatic carbocycles. The van der Waals surface area contributed by atoms with Crippen molar-refractivity contribution in [1.29, 1.82) is 0 Å². The molecule has 134 valence electrons. The monoisotopic (exact) mass is 390 g/mol. The van der Waals surface area contributed by atoms with Crippen LogP contribution in [0.3, 0.4) is 0 Å². The Morgan fingerprint density at radius 3 is 2.50 bits per heavy atom. The van der Waals surface area contributed by atoms with Gasteiger partial charge in [-0.3, -0.25) is 5.10 Å². The number of aromatic amines is 1. The van der Waals surface area contributed by atoms with Crippen molar-refractivity contribution in [2.24, 2.45) is 5.10 Å². The SMILES string of the molecule is COc1ccc(-c2[nH]ncc2/C=N\NS(=O)(=O)c2ccc(Cl)cc2)cc1. The molecule has 1 heterocycles. The van der Waals surface area contributed by atoms with Crippen molar-refractivity contribution in [3.63, 3.8) is 0 Å². The van der Waals surface area contributed by atoms with E-state index in [0.717, 1.165) is 11.3 Å². The van der Waals surface area contributed by atoms with E-state index >= 15 is 0 Å². The van der Waals surface area contributed by atoms with Gasteiger partial charge in [-0.25, -0.2) is 4.83 Å². The molecule has 0 amide bonds. The summed E-state index contributed by atoms with van der Waals surface area (Å²) in [5.74, 6) is 0.735. The Hall–Kier alpha value is -2.84. The van der Waals surface area contributed by atoms with Crippen molar-refractivity contribution >= 4 is 27.8 Å². The Balaban J connectivity index is 1.77. The van der Waals surface area contributed by atoms with Crippen LogP contribution in [-0.4, -0.2) is 31.9 Å². The highest BCUT2D eigenvalue weighted by atomic mass is 35.5. The van der Waals surface area contributed by atoms with Crippen molar-refractivity contribution in [1.82, 2.24) is 15.0 Å². The maximum absolute atomic E-state index is 12.2. The second kappa shape index (κ2) is 7.59. The molecule has 3 aromatic rings. The molecule has 0 spiro atoms. The lowest BCUT2D eigenvalue weighted by Gasteiger charge is -2.04. The molecule has 0 radical (unpaired) electrons. The van der Waals surface area contributed by atoms with Crippen LogP contribution in [0.5, 0.6) is 5.75 Å². The Morgan fingerprint density at radius 2 is 1.85 bits per heavy atom. The van der Waals surface area contributed by atoms with E-state index in [1.54, 1.807) is 13.3 Å². The lowest BCUT2D eigenvalue weighted by atomic mass is 10.1. The van der Waals surface area contributed by atoms with Gasteiger partial charge in [-0.2, -0.15) is 18.6 Å². The van der Waals surface area contributed by atoms with E-state index in [0.29, 0.717) is 16.3 Å². The summed E-state index contributed by atoms with van der Waals surface area (Å²) < 4.78 is 29.5. The summed E-state index contributed by atoms with van der Waals surface area (Å²) in [7, 11) is -2.18. The Bertz CT molecular complexity index is 1010. The molecule has 0 unspecified atom stereocenters. The van der Waals surface area contributed by atoms with Gasteiger partial charge in [-0.1, -0.05) is 11.6 Å². The molecule has 26 heavy (non-hydrogen) atoms. The smallest absolute Gasteiger partial charge is 0.276 e. The number of ether oxygens (including phenoxy) is 1. The summed E-state index contributed by atoms with van der Waals surface area (Å²) in [6.45, 7) is 0. The van der Waals surface area contributed by atoms with Crippen LogP contribution in [0.2, 0.25) is 5.02 Å². The van der Waals surface area contributed by atoms with Crippen LogP contribution in [-0.2, 0) is 10.0 Å². The van der Waals surface area contributed by atoms with E-state index in [1.165, 1.54) is 30.5 Å².